The van der Waals surface area contributed by atoms with Gasteiger partial charge in [0.05, 0.1) is 6.20 Å². The highest BCUT2D eigenvalue weighted by atomic mass is 15.0. The Bertz CT molecular complexity index is 409. The minimum Gasteiger partial charge on any atom is -0.339 e. The fourth-order valence-electron chi connectivity index (χ4n) is 2.17. The molecule has 1 N–H and O–H groups in total. The number of H-pyrrole nitrogens is 1. The molecule has 0 spiro atoms. The monoisotopic (exact) mass is 188 g/mol. The van der Waals surface area contributed by atoms with E-state index in [1.807, 2.05) is 0 Å². The molecule has 1 fully saturated rings. The van der Waals surface area contributed by atoms with Gasteiger partial charge < -0.3 is 4.98 Å². The molecular weight excluding hydrogens is 176 g/mol. The maximum Gasteiger partial charge on any atom is 0.180 e. The Morgan fingerprint density at radius 1 is 1.29 bits per heavy atom. The molecule has 0 aliphatic heterocycles. The number of nitrogens with one attached hydrogen (secondary N) is 1. The van der Waals surface area contributed by atoms with Crippen molar-refractivity contribution in [1.82, 2.24) is 19.9 Å². The maximum atomic E-state index is 4.49. The number of aromatic nitrogens is 4. The van der Waals surface area contributed by atoms with Crippen molar-refractivity contribution >= 4 is 11.2 Å². The quantitative estimate of drug-likeness (QED) is 0.744. The molecule has 0 atom stereocenters. The molecule has 2 aromatic heterocycles. The zero-order valence-corrected chi connectivity index (χ0v) is 7.90. The van der Waals surface area contributed by atoms with E-state index in [1.54, 1.807) is 12.5 Å². The highest BCUT2D eigenvalue weighted by Gasteiger charge is 2.20. The molecule has 0 aromatic carbocycles. The van der Waals surface area contributed by atoms with Crippen LogP contribution in [-0.2, 0) is 0 Å². The van der Waals surface area contributed by atoms with E-state index in [1.165, 1.54) is 25.7 Å². The second-order valence-electron chi connectivity index (χ2n) is 3.86. The third-order valence-corrected chi connectivity index (χ3v) is 2.92. The summed E-state index contributed by atoms with van der Waals surface area (Å²) in [5.41, 5.74) is 1.75. The molecular formula is C10H12N4. The van der Waals surface area contributed by atoms with Crippen LogP contribution in [0.1, 0.15) is 37.4 Å². The molecule has 1 aliphatic carbocycles. The number of nitrogens with zero attached hydrogens (tertiary/aromatic N) is 3. The fraction of sp³-hybridized carbons (Fsp3) is 0.500. The molecule has 2 heterocycles. The number of aromatic amines is 1. The Morgan fingerprint density at radius 3 is 2.93 bits per heavy atom. The van der Waals surface area contributed by atoms with Crippen molar-refractivity contribution in [3.8, 4) is 0 Å². The third-order valence-electron chi connectivity index (χ3n) is 2.92. The van der Waals surface area contributed by atoms with Gasteiger partial charge in [0.1, 0.15) is 17.7 Å². The lowest BCUT2D eigenvalue weighted by Gasteiger charge is -2.02. The van der Waals surface area contributed by atoms with Gasteiger partial charge in [0.2, 0.25) is 0 Å². The summed E-state index contributed by atoms with van der Waals surface area (Å²) < 4.78 is 0. The van der Waals surface area contributed by atoms with Gasteiger partial charge >= 0.3 is 0 Å². The normalized spacial score (nSPS) is 18.0. The van der Waals surface area contributed by atoms with Gasteiger partial charge in [-0.2, -0.15) is 0 Å². The van der Waals surface area contributed by atoms with Crippen LogP contribution in [0.15, 0.2) is 12.5 Å². The molecule has 72 valence electrons. The fourth-order valence-corrected chi connectivity index (χ4v) is 2.17. The van der Waals surface area contributed by atoms with E-state index in [9.17, 15) is 0 Å². The van der Waals surface area contributed by atoms with Crippen molar-refractivity contribution in [2.45, 2.75) is 31.6 Å². The van der Waals surface area contributed by atoms with Crippen LogP contribution in [0, 0.1) is 0 Å². The van der Waals surface area contributed by atoms with Crippen LogP contribution in [0.3, 0.4) is 0 Å². The lowest BCUT2D eigenvalue weighted by Crippen LogP contribution is -1.94. The standard InChI is InChI=1S/C10H12N4/c1-2-4-7(3-1)9-13-8-5-11-6-12-10(8)14-9/h5-7H,1-4H2,(H,11,12,13,14). The number of fused-ring (bicyclic) bond motifs is 1. The average Bonchev–Trinajstić information content (AvgIpc) is 2.86. The van der Waals surface area contributed by atoms with E-state index < -0.39 is 0 Å². The first kappa shape index (κ1) is 7.91. The third kappa shape index (κ3) is 1.18. The smallest absolute Gasteiger partial charge is 0.180 e. The molecule has 2 aromatic rings. The predicted molar refractivity (Wildman–Crippen MR) is 52.9 cm³/mol. The van der Waals surface area contributed by atoms with Gasteiger partial charge in [0, 0.05) is 5.92 Å². The zero-order valence-electron chi connectivity index (χ0n) is 7.90. The van der Waals surface area contributed by atoms with Gasteiger partial charge in [-0.15, -0.1) is 0 Å². The van der Waals surface area contributed by atoms with Crippen molar-refractivity contribution in [3.63, 3.8) is 0 Å². The Morgan fingerprint density at radius 2 is 2.14 bits per heavy atom. The first-order valence-corrected chi connectivity index (χ1v) is 5.09. The summed E-state index contributed by atoms with van der Waals surface area (Å²) in [6, 6.07) is 0. The minimum absolute atomic E-state index is 0.615. The Labute approximate surface area is 81.8 Å². The van der Waals surface area contributed by atoms with Crippen molar-refractivity contribution in [1.29, 1.82) is 0 Å². The summed E-state index contributed by atoms with van der Waals surface area (Å²) in [6.07, 6.45) is 8.50. The highest BCUT2D eigenvalue weighted by molar-refractivity contribution is 5.68. The van der Waals surface area contributed by atoms with Gasteiger partial charge in [-0.05, 0) is 12.8 Å². The lowest BCUT2D eigenvalue weighted by atomic mass is 10.1. The van der Waals surface area contributed by atoms with Crippen molar-refractivity contribution in [2.24, 2.45) is 0 Å². The van der Waals surface area contributed by atoms with E-state index in [0.717, 1.165) is 17.0 Å². The Kier molecular flexibility index (Phi) is 1.72. The molecule has 14 heavy (non-hydrogen) atoms. The Hall–Kier alpha value is -1.45. The summed E-state index contributed by atoms with van der Waals surface area (Å²) in [7, 11) is 0. The van der Waals surface area contributed by atoms with Crippen LogP contribution in [0.25, 0.3) is 11.2 Å². The second kappa shape index (κ2) is 3.04. The summed E-state index contributed by atoms with van der Waals surface area (Å²) in [6.45, 7) is 0. The SMILES string of the molecule is c1ncc2[nH]c(C3CCCC3)nc2n1. The van der Waals surface area contributed by atoms with E-state index >= 15 is 0 Å². The molecule has 1 saturated carbocycles. The molecule has 4 heteroatoms. The molecule has 0 saturated heterocycles. The van der Waals surface area contributed by atoms with Gasteiger partial charge in [-0.25, -0.2) is 15.0 Å². The van der Waals surface area contributed by atoms with Crippen LogP contribution in [0.5, 0.6) is 0 Å². The number of imidazole rings is 1. The average molecular weight is 188 g/mol. The van der Waals surface area contributed by atoms with Gasteiger partial charge in [-0.1, -0.05) is 12.8 Å². The summed E-state index contributed by atoms with van der Waals surface area (Å²) in [5.74, 6) is 1.71. The molecule has 3 rings (SSSR count). The molecule has 0 unspecified atom stereocenters. The highest BCUT2D eigenvalue weighted by Crippen LogP contribution is 2.32. The number of hydrogen-bond acceptors (Lipinski definition) is 3. The number of hydrogen-bond donors (Lipinski definition) is 1. The van der Waals surface area contributed by atoms with Crippen molar-refractivity contribution in [3.05, 3.63) is 18.3 Å². The summed E-state index contributed by atoms with van der Waals surface area (Å²) in [5, 5.41) is 0. The first-order chi connectivity index (χ1) is 6.93. The second-order valence-corrected chi connectivity index (χ2v) is 3.86. The molecule has 4 nitrogen and oxygen atoms in total. The van der Waals surface area contributed by atoms with E-state index in [0.29, 0.717) is 5.92 Å². The molecule has 0 radical (unpaired) electrons. The predicted octanol–water partition coefficient (Wildman–Crippen LogP) is 2.01. The molecule has 1 aliphatic rings. The summed E-state index contributed by atoms with van der Waals surface area (Å²) in [4.78, 5) is 15.9. The van der Waals surface area contributed by atoms with Gasteiger partial charge in [0.25, 0.3) is 0 Å². The summed E-state index contributed by atoms with van der Waals surface area (Å²) >= 11 is 0. The first-order valence-electron chi connectivity index (χ1n) is 5.09. The van der Waals surface area contributed by atoms with Crippen LogP contribution in [0.4, 0.5) is 0 Å². The van der Waals surface area contributed by atoms with Crippen molar-refractivity contribution < 1.29 is 0 Å². The largest absolute Gasteiger partial charge is 0.339 e. The van der Waals surface area contributed by atoms with Crippen LogP contribution >= 0.6 is 0 Å². The van der Waals surface area contributed by atoms with Crippen LogP contribution in [0.2, 0.25) is 0 Å². The minimum atomic E-state index is 0.615. The zero-order chi connectivity index (χ0) is 9.38. The van der Waals surface area contributed by atoms with E-state index in [-0.39, 0.29) is 0 Å². The van der Waals surface area contributed by atoms with Crippen LogP contribution in [-0.4, -0.2) is 19.9 Å². The van der Waals surface area contributed by atoms with Crippen molar-refractivity contribution in [2.75, 3.05) is 0 Å². The lowest BCUT2D eigenvalue weighted by molar-refractivity contribution is 0.681. The van der Waals surface area contributed by atoms with Gasteiger partial charge in [-0.3, -0.25) is 0 Å². The van der Waals surface area contributed by atoms with Crippen LogP contribution < -0.4 is 0 Å². The molecule has 0 amide bonds. The molecule has 0 bridgehead atoms. The van der Waals surface area contributed by atoms with E-state index in [4.69, 9.17) is 0 Å². The number of rotatable bonds is 1. The topological polar surface area (TPSA) is 54.5 Å². The Balaban J connectivity index is 2.05. The maximum absolute atomic E-state index is 4.49. The van der Waals surface area contributed by atoms with E-state index in [2.05, 4.69) is 19.9 Å². The van der Waals surface area contributed by atoms with Gasteiger partial charge in [0.15, 0.2) is 5.65 Å².